The van der Waals surface area contributed by atoms with Crippen LogP contribution in [-0.4, -0.2) is 37.1 Å². The maximum Gasteiger partial charge on any atom is 0.205 e. The normalized spacial score (nSPS) is 12.3. The molecule has 0 aliphatic heterocycles. The molecule has 0 fully saturated rings. The Labute approximate surface area is 198 Å². The summed E-state index contributed by atoms with van der Waals surface area (Å²) in [5, 5.41) is 14.5. The first-order chi connectivity index (χ1) is 16.7. The first-order valence-electron chi connectivity index (χ1n) is 11.6. The molecule has 0 bridgehead atoms. The number of hydrogen-bond acceptors (Lipinski definition) is 5. The van der Waals surface area contributed by atoms with Crippen molar-refractivity contribution < 1.29 is 4.74 Å². The third-order valence-corrected chi connectivity index (χ3v) is 6.22. The predicted molar refractivity (Wildman–Crippen MR) is 132 cm³/mol. The molecular weight excluding hydrogens is 424 g/mol. The highest BCUT2D eigenvalue weighted by Crippen LogP contribution is 2.33. The van der Waals surface area contributed by atoms with Crippen molar-refractivity contribution in [1.82, 2.24) is 30.0 Å². The van der Waals surface area contributed by atoms with Crippen LogP contribution in [-0.2, 0) is 11.2 Å². The number of aromatic amines is 1. The molecule has 0 aliphatic rings. The molecule has 2 aromatic carbocycles. The molecule has 3 heterocycles. The number of hydrogen-bond donors (Lipinski definition) is 1. The second-order valence-electron chi connectivity index (χ2n) is 8.49. The van der Waals surface area contributed by atoms with Gasteiger partial charge < -0.3 is 9.14 Å². The van der Waals surface area contributed by atoms with Gasteiger partial charge in [-0.15, -0.1) is 10.2 Å². The minimum Gasteiger partial charge on any atom is -0.370 e. The van der Waals surface area contributed by atoms with E-state index in [0.29, 0.717) is 5.82 Å². The molecule has 3 aromatic heterocycles. The minimum absolute atomic E-state index is 0.210. The van der Waals surface area contributed by atoms with Crippen LogP contribution in [0.25, 0.3) is 28.2 Å². The molecule has 1 N–H and O–H groups in total. The number of rotatable bonds is 8. The first-order valence-corrected chi connectivity index (χ1v) is 11.6. The van der Waals surface area contributed by atoms with Crippen LogP contribution in [0, 0.1) is 6.92 Å². The molecular formula is C27H28N6O. The summed E-state index contributed by atoms with van der Waals surface area (Å²) < 4.78 is 8.20. The number of ether oxygens (including phenoxy) is 1. The molecule has 7 heteroatoms. The Morgan fingerprint density at radius 3 is 2.50 bits per heavy atom. The van der Waals surface area contributed by atoms with Crippen LogP contribution in [0.1, 0.15) is 48.4 Å². The van der Waals surface area contributed by atoms with Crippen molar-refractivity contribution in [3.05, 3.63) is 89.4 Å². The second-order valence-corrected chi connectivity index (χ2v) is 8.49. The van der Waals surface area contributed by atoms with E-state index in [1.165, 1.54) is 0 Å². The highest BCUT2D eigenvalue weighted by atomic mass is 16.5. The second kappa shape index (κ2) is 9.57. The fourth-order valence-electron chi connectivity index (χ4n) is 4.43. The van der Waals surface area contributed by atoms with E-state index in [-0.39, 0.29) is 6.10 Å². The maximum atomic E-state index is 6.01. The average Bonchev–Trinajstić information content (AvgIpc) is 3.56. The van der Waals surface area contributed by atoms with E-state index in [2.05, 4.69) is 87.5 Å². The molecule has 0 radical (unpaired) electrons. The summed E-state index contributed by atoms with van der Waals surface area (Å²) in [5.74, 6) is 0.579. The monoisotopic (exact) mass is 452 g/mol. The summed E-state index contributed by atoms with van der Waals surface area (Å²) in [6, 6.07) is 20.8. The summed E-state index contributed by atoms with van der Waals surface area (Å²) in [5.41, 5.74) is 8.50. The van der Waals surface area contributed by atoms with Gasteiger partial charge in [-0.2, -0.15) is 5.21 Å². The van der Waals surface area contributed by atoms with E-state index in [9.17, 15) is 0 Å². The minimum atomic E-state index is -0.210. The van der Waals surface area contributed by atoms with Gasteiger partial charge in [-0.1, -0.05) is 67.9 Å². The average molecular weight is 453 g/mol. The zero-order valence-corrected chi connectivity index (χ0v) is 19.7. The summed E-state index contributed by atoms with van der Waals surface area (Å²) in [6.07, 6.45) is 5.23. The summed E-state index contributed by atoms with van der Waals surface area (Å²) in [4.78, 5) is 4.90. The molecule has 34 heavy (non-hydrogen) atoms. The summed E-state index contributed by atoms with van der Waals surface area (Å²) >= 11 is 0. The number of benzene rings is 2. The third-order valence-electron chi connectivity index (χ3n) is 6.22. The zero-order valence-electron chi connectivity index (χ0n) is 19.7. The van der Waals surface area contributed by atoms with Crippen molar-refractivity contribution in [2.75, 3.05) is 7.11 Å². The molecule has 0 spiro atoms. The standard InChI is InChI=1S/C27H28N6O/c1-4-5-8-21-17-33-24(16-11-18(2)27(33)28-21)25(34-3)20-14-12-19(13-15-20)22-9-6-7-10-23(22)26-29-31-32-30-26/h6-7,9-17,25H,4-5,8H2,1-3H3,(H,29,30,31,32)/t25-/m1/s1. The SMILES string of the molecule is CCCCc1cn2c([C@H](OC)c3ccc(-c4ccccc4-c4nn[nH]n4)cc3)ccc(C)c2n1. The Bertz CT molecular complexity index is 1390. The van der Waals surface area contributed by atoms with Gasteiger partial charge in [-0.25, -0.2) is 4.98 Å². The number of unbranched alkanes of at least 4 members (excludes halogenated alkanes) is 1. The van der Waals surface area contributed by atoms with Crippen LogP contribution in [0.15, 0.2) is 66.9 Å². The fourth-order valence-corrected chi connectivity index (χ4v) is 4.43. The van der Waals surface area contributed by atoms with Gasteiger partial charge in [0.05, 0.1) is 11.4 Å². The van der Waals surface area contributed by atoms with Crippen molar-refractivity contribution in [1.29, 1.82) is 0 Å². The van der Waals surface area contributed by atoms with Gasteiger partial charge in [0.2, 0.25) is 5.82 Å². The van der Waals surface area contributed by atoms with Crippen molar-refractivity contribution in [3.8, 4) is 22.5 Å². The van der Waals surface area contributed by atoms with Gasteiger partial charge in [-0.3, -0.25) is 0 Å². The molecule has 7 nitrogen and oxygen atoms in total. The number of H-pyrrole nitrogens is 1. The van der Waals surface area contributed by atoms with Crippen LogP contribution in [0.4, 0.5) is 0 Å². The molecule has 0 saturated carbocycles. The van der Waals surface area contributed by atoms with E-state index < -0.39 is 0 Å². The number of aromatic nitrogens is 6. The number of fused-ring (bicyclic) bond motifs is 1. The van der Waals surface area contributed by atoms with E-state index in [1.54, 1.807) is 7.11 Å². The number of nitrogens with zero attached hydrogens (tertiary/aromatic N) is 5. The number of nitrogens with one attached hydrogen (secondary N) is 1. The van der Waals surface area contributed by atoms with Crippen LogP contribution in [0.2, 0.25) is 0 Å². The van der Waals surface area contributed by atoms with Gasteiger partial charge in [-0.05, 0) is 53.3 Å². The Morgan fingerprint density at radius 1 is 1.00 bits per heavy atom. The number of methoxy groups -OCH3 is 1. The third kappa shape index (κ3) is 4.10. The summed E-state index contributed by atoms with van der Waals surface area (Å²) in [6.45, 7) is 4.31. The van der Waals surface area contributed by atoms with Gasteiger partial charge in [0, 0.05) is 18.9 Å². The van der Waals surface area contributed by atoms with E-state index >= 15 is 0 Å². The Hall–Kier alpha value is -3.84. The van der Waals surface area contributed by atoms with Gasteiger partial charge in [0.1, 0.15) is 11.8 Å². The Morgan fingerprint density at radius 2 is 1.79 bits per heavy atom. The molecule has 5 rings (SSSR count). The lowest BCUT2D eigenvalue weighted by Crippen LogP contribution is -2.09. The van der Waals surface area contributed by atoms with Crippen LogP contribution in [0.5, 0.6) is 0 Å². The molecule has 0 amide bonds. The molecule has 5 aromatic rings. The van der Waals surface area contributed by atoms with Gasteiger partial charge in [0.25, 0.3) is 0 Å². The van der Waals surface area contributed by atoms with Crippen LogP contribution in [0.3, 0.4) is 0 Å². The number of aryl methyl sites for hydroxylation is 2. The zero-order chi connectivity index (χ0) is 23.5. The maximum absolute atomic E-state index is 6.01. The van der Waals surface area contributed by atoms with Gasteiger partial charge in [0.15, 0.2) is 0 Å². The van der Waals surface area contributed by atoms with Crippen molar-refractivity contribution >= 4 is 5.65 Å². The highest BCUT2D eigenvalue weighted by Gasteiger charge is 2.19. The number of pyridine rings is 1. The molecule has 1 atom stereocenters. The van der Waals surface area contributed by atoms with E-state index in [1.807, 2.05) is 18.2 Å². The lowest BCUT2D eigenvalue weighted by molar-refractivity contribution is 0.132. The van der Waals surface area contributed by atoms with Crippen molar-refractivity contribution in [2.45, 2.75) is 39.2 Å². The predicted octanol–water partition coefficient (Wildman–Crippen LogP) is 5.57. The molecule has 0 unspecified atom stereocenters. The molecule has 0 saturated heterocycles. The van der Waals surface area contributed by atoms with Crippen molar-refractivity contribution in [3.63, 3.8) is 0 Å². The Balaban J connectivity index is 1.51. The quantitative estimate of drug-likeness (QED) is 0.333. The summed E-state index contributed by atoms with van der Waals surface area (Å²) in [7, 11) is 1.75. The lowest BCUT2D eigenvalue weighted by atomic mass is 9.96. The highest BCUT2D eigenvalue weighted by molar-refractivity contribution is 5.80. The number of imidazole rings is 1. The lowest BCUT2D eigenvalue weighted by Gasteiger charge is -2.19. The van der Waals surface area contributed by atoms with E-state index in [4.69, 9.17) is 9.72 Å². The molecule has 0 aliphatic carbocycles. The molecule has 172 valence electrons. The largest absolute Gasteiger partial charge is 0.370 e. The fraction of sp³-hybridized carbons (Fsp3) is 0.259. The topological polar surface area (TPSA) is 81.0 Å². The Kier molecular flexibility index (Phi) is 6.18. The smallest absolute Gasteiger partial charge is 0.205 e. The first kappa shape index (κ1) is 22.0. The van der Waals surface area contributed by atoms with Crippen LogP contribution < -0.4 is 0 Å². The van der Waals surface area contributed by atoms with Crippen molar-refractivity contribution in [2.24, 2.45) is 0 Å². The number of tetrazole rings is 1. The van der Waals surface area contributed by atoms with Crippen LogP contribution >= 0.6 is 0 Å². The van der Waals surface area contributed by atoms with E-state index in [0.717, 1.165) is 64.1 Å². The van der Waals surface area contributed by atoms with Gasteiger partial charge >= 0.3 is 0 Å².